The fourth-order valence-corrected chi connectivity index (χ4v) is 5.70. The van der Waals surface area contributed by atoms with Crippen LogP contribution in [0.3, 0.4) is 0 Å². The average molecular weight is 470 g/mol. The van der Waals surface area contributed by atoms with E-state index < -0.39 is 0 Å². The molecule has 2 aliphatic heterocycles. The molecule has 1 atom stereocenters. The molecule has 0 spiro atoms. The number of hydrogen-bond donors (Lipinski definition) is 1. The van der Waals surface area contributed by atoms with Gasteiger partial charge >= 0.3 is 0 Å². The van der Waals surface area contributed by atoms with E-state index in [0.717, 1.165) is 39.0 Å². The van der Waals surface area contributed by atoms with Gasteiger partial charge in [0.1, 0.15) is 0 Å². The smallest absolute Gasteiger partial charge is 0.222 e. The van der Waals surface area contributed by atoms with Gasteiger partial charge in [0.2, 0.25) is 11.8 Å². The lowest BCUT2D eigenvalue weighted by Gasteiger charge is -2.38. The van der Waals surface area contributed by atoms with Crippen LogP contribution in [0, 0.1) is 13.8 Å². The Kier molecular flexibility index (Phi) is 6.50. The Morgan fingerprint density at radius 1 is 0.943 bits per heavy atom. The Morgan fingerprint density at radius 2 is 1.71 bits per heavy atom. The molecule has 35 heavy (non-hydrogen) atoms. The first-order valence-electron chi connectivity index (χ1n) is 12.8. The van der Waals surface area contributed by atoms with Crippen LogP contribution >= 0.6 is 0 Å². The molecule has 2 aliphatic rings. The number of fused-ring (bicyclic) bond motifs is 1. The molecule has 5 heteroatoms. The van der Waals surface area contributed by atoms with E-state index in [1.165, 1.54) is 33.2 Å². The van der Waals surface area contributed by atoms with Crippen LogP contribution in [0.1, 0.15) is 42.4 Å². The van der Waals surface area contributed by atoms with Gasteiger partial charge in [-0.15, -0.1) is 0 Å². The zero-order valence-electron chi connectivity index (χ0n) is 20.8. The van der Waals surface area contributed by atoms with Gasteiger partial charge in [-0.05, 0) is 66.6 Å². The number of anilines is 1. The summed E-state index contributed by atoms with van der Waals surface area (Å²) in [5, 5.41) is 5.67. The van der Waals surface area contributed by atoms with Crippen LogP contribution in [-0.2, 0) is 16.0 Å². The SMILES string of the molecule is Cc1cccc(N2CCN(C(=O)CCC3(Cc4ccc5ccccc5c4)CCC(=O)N3)CC2)c1C. The lowest BCUT2D eigenvalue weighted by Crippen LogP contribution is -2.50. The molecule has 0 bridgehead atoms. The first-order chi connectivity index (χ1) is 16.9. The number of piperazine rings is 1. The van der Waals surface area contributed by atoms with Crippen molar-refractivity contribution in [2.45, 2.75) is 51.5 Å². The van der Waals surface area contributed by atoms with Gasteiger partial charge in [-0.25, -0.2) is 0 Å². The van der Waals surface area contributed by atoms with Crippen molar-refractivity contribution >= 4 is 28.3 Å². The fraction of sp³-hybridized carbons (Fsp3) is 0.400. The maximum absolute atomic E-state index is 13.2. The zero-order valence-corrected chi connectivity index (χ0v) is 20.8. The van der Waals surface area contributed by atoms with Crippen LogP contribution in [0.15, 0.2) is 60.7 Å². The van der Waals surface area contributed by atoms with Gasteiger partial charge in [0.25, 0.3) is 0 Å². The van der Waals surface area contributed by atoms with Crippen molar-refractivity contribution in [1.29, 1.82) is 0 Å². The summed E-state index contributed by atoms with van der Waals surface area (Å²) in [5.74, 6) is 0.296. The van der Waals surface area contributed by atoms with Crippen LogP contribution in [0.5, 0.6) is 0 Å². The van der Waals surface area contributed by atoms with Gasteiger partial charge in [-0.3, -0.25) is 9.59 Å². The molecule has 0 radical (unpaired) electrons. The average Bonchev–Trinajstić information content (AvgIpc) is 3.24. The summed E-state index contributed by atoms with van der Waals surface area (Å²) in [6.07, 6.45) is 3.23. The van der Waals surface area contributed by atoms with Crippen LogP contribution in [0.25, 0.3) is 10.8 Å². The summed E-state index contributed by atoms with van der Waals surface area (Å²) in [4.78, 5) is 29.8. The van der Waals surface area contributed by atoms with Crippen LogP contribution in [0.4, 0.5) is 5.69 Å². The number of carbonyl (C=O) groups is 2. The number of amides is 2. The predicted molar refractivity (Wildman–Crippen MR) is 142 cm³/mol. The Balaban J connectivity index is 1.21. The second-order valence-electron chi connectivity index (χ2n) is 10.3. The standard InChI is InChI=1S/C30H35N3O2/c1-22-6-5-9-27(23(22)2)32-16-18-33(19-17-32)29(35)13-15-30(14-12-28(34)31-30)21-24-10-11-25-7-3-4-8-26(25)20-24/h3-11,20H,12-19,21H2,1-2H3,(H,31,34). The van der Waals surface area contributed by atoms with Gasteiger partial charge < -0.3 is 15.1 Å². The molecular weight excluding hydrogens is 434 g/mol. The summed E-state index contributed by atoms with van der Waals surface area (Å²) < 4.78 is 0. The quantitative estimate of drug-likeness (QED) is 0.565. The van der Waals surface area contributed by atoms with E-state index >= 15 is 0 Å². The lowest BCUT2D eigenvalue weighted by atomic mass is 9.84. The highest BCUT2D eigenvalue weighted by molar-refractivity contribution is 5.83. The molecule has 0 aliphatic carbocycles. The topological polar surface area (TPSA) is 52.7 Å². The summed E-state index contributed by atoms with van der Waals surface area (Å²) in [6.45, 7) is 7.53. The van der Waals surface area contributed by atoms with Gasteiger partial charge in [-0.2, -0.15) is 0 Å². The van der Waals surface area contributed by atoms with E-state index in [0.29, 0.717) is 19.3 Å². The number of benzene rings is 3. The first-order valence-corrected chi connectivity index (χ1v) is 12.8. The second kappa shape index (κ2) is 9.73. The highest BCUT2D eigenvalue weighted by atomic mass is 16.2. The highest BCUT2D eigenvalue weighted by Crippen LogP contribution is 2.31. The van der Waals surface area contributed by atoms with E-state index in [1.54, 1.807) is 0 Å². The van der Waals surface area contributed by atoms with E-state index in [-0.39, 0.29) is 17.4 Å². The summed E-state index contributed by atoms with van der Waals surface area (Å²) in [7, 11) is 0. The Morgan fingerprint density at radius 3 is 2.46 bits per heavy atom. The number of carbonyl (C=O) groups excluding carboxylic acids is 2. The number of nitrogens with zero attached hydrogens (tertiary/aromatic N) is 2. The molecule has 182 valence electrons. The van der Waals surface area contributed by atoms with Crippen molar-refractivity contribution in [2.75, 3.05) is 31.1 Å². The number of aryl methyl sites for hydroxylation is 1. The number of hydrogen-bond acceptors (Lipinski definition) is 3. The molecule has 2 fully saturated rings. The van der Waals surface area contributed by atoms with E-state index in [2.05, 4.69) is 78.7 Å². The molecule has 2 amide bonds. The summed E-state index contributed by atoms with van der Waals surface area (Å²) in [5.41, 5.74) is 4.77. The van der Waals surface area contributed by atoms with Gasteiger partial charge in [0.15, 0.2) is 0 Å². The zero-order chi connectivity index (χ0) is 24.4. The third-order valence-electron chi connectivity index (χ3n) is 7.96. The number of nitrogens with one attached hydrogen (secondary N) is 1. The molecule has 3 aromatic rings. The molecular formula is C30H35N3O2. The molecule has 2 saturated heterocycles. The molecule has 1 unspecified atom stereocenters. The number of rotatable bonds is 6. The van der Waals surface area contributed by atoms with Gasteiger partial charge in [-0.1, -0.05) is 54.6 Å². The minimum absolute atomic E-state index is 0.0976. The maximum Gasteiger partial charge on any atom is 0.222 e. The van der Waals surface area contributed by atoms with E-state index in [9.17, 15) is 9.59 Å². The third-order valence-corrected chi connectivity index (χ3v) is 7.96. The van der Waals surface area contributed by atoms with Crippen LogP contribution in [-0.4, -0.2) is 48.4 Å². The van der Waals surface area contributed by atoms with Crippen molar-refractivity contribution in [3.63, 3.8) is 0 Å². The summed E-state index contributed by atoms with van der Waals surface area (Å²) in [6, 6.07) is 21.3. The molecule has 0 aromatic heterocycles. The van der Waals surface area contributed by atoms with Crippen molar-refractivity contribution in [3.8, 4) is 0 Å². The fourth-order valence-electron chi connectivity index (χ4n) is 5.70. The Labute approximate surface area is 208 Å². The van der Waals surface area contributed by atoms with E-state index in [1.807, 2.05) is 11.0 Å². The second-order valence-corrected chi connectivity index (χ2v) is 10.3. The van der Waals surface area contributed by atoms with Crippen molar-refractivity contribution < 1.29 is 9.59 Å². The normalized spacial score (nSPS) is 20.3. The predicted octanol–water partition coefficient (Wildman–Crippen LogP) is 4.78. The Bertz CT molecular complexity index is 1250. The van der Waals surface area contributed by atoms with Crippen LogP contribution in [0.2, 0.25) is 0 Å². The van der Waals surface area contributed by atoms with Crippen molar-refractivity contribution in [1.82, 2.24) is 10.2 Å². The third kappa shape index (κ3) is 5.04. The monoisotopic (exact) mass is 469 g/mol. The minimum atomic E-state index is -0.338. The molecule has 5 nitrogen and oxygen atoms in total. The molecule has 0 saturated carbocycles. The molecule has 2 heterocycles. The largest absolute Gasteiger partial charge is 0.368 e. The maximum atomic E-state index is 13.2. The molecule has 1 N–H and O–H groups in total. The minimum Gasteiger partial charge on any atom is -0.368 e. The van der Waals surface area contributed by atoms with E-state index in [4.69, 9.17) is 0 Å². The molecule has 5 rings (SSSR count). The summed E-state index contributed by atoms with van der Waals surface area (Å²) >= 11 is 0. The van der Waals surface area contributed by atoms with Crippen molar-refractivity contribution in [3.05, 3.63) is 77.4 Å². The van der Waals surface area contributed by atoms with Crippen LogP contribution < -0.4 is 10.2 Å². The van der Waals surface area contributed by atoms with Crippen molar-refractivity contribution in [2.24, 2.45) is 0 Å². The highest BCUT2D eigenvalue weighted by Gasteiger charge is 2.38. The molecule has 3 aromatic carbocycles. The Hall–Kier alpha value is -3.34. The lowest BCUT2D eigenvalue weighted by molar-refractivity contribution is -0.132. The first kappa shape index (κ1) is 23.4. The van der Waals surface area contributed by atoms with Gasteiger partial charge in [0.05, 0.1) is 0 Å². The van der Waals surface area contributed by atoms with Gasteiger partial charge in [0, 0.05) is 50.2 Å².